The second-order valence-corrected chi connectivity index (χ2v) is 9.67. The summed E-state index contributed by atoms with van der Waals surface area (Å²) in [4.78, 5) is 29.0. The van der Waals surface area contributed by atoms with Gasteiger partial charge >= 0.3 is 6.18 Å². The van der Waals surface area contributed by atoms with Crippen LogP contribution in [0.15, 0.2) is 78.2 Å². The van der Waals surface area contributed by atoms with Gasteiger partial charge in [0.25, 0.3) is 11.8 Å². The first kappa shape index (κ1) is 24.1. The van der Waals surface area contributed by atoms with E-state index in [0.29, 0.717) is 6.54 Å². The van der Waals surface area contributed by atoms with Crippen molar-refractivity contribution in [3.05, 3.63) is 116 Å². The molecule has 1 aromatic heterocycles. The van der Waals surface area contributed by atoms with Crippen molar-refractivity contribution in [3.8, 4) is 0 Å². The summed E-state index contributed by atoms with van der Waals surface area (Å²) in [5.74, 6) is -1.24. The van der Waals surface area contributed by atoms with E-state index in [0.717, 1.165) is 34.7 Å². The molecule has 0 saturated carbocycles. The number of hydrogen-bond donors (Lipinski definition) is 1. The normalized spacial score (nSPS) is 12.9. The topological polar surface area (TPSA) is 49.4 Å². The second-order valence-electron chi connectivity index (χ2n) is 8.26. The Morgan fingerprint density at radius 1 is 0.917 bits per heavy atom. The molecule has 1 aliphatic heterocycles. The van der Waals surface area contributed by atoms with E-state index >= 15 is 0 Å². The van der Waals surface area contributed by atoms with Crippen LogP contribution in [0, 0.1) is 0 Å². The summed E-state index contributed by atoms with van der Waals surface area (Å²) in [7, 11) is 0. The van der Waals surface area contributed by atoms with Crippen molar-refractivity contribution in [2.24, 2.45) is 0 Å². The number of benzene rings is 3. The molecule has 0 fully saturated rings. The fourth-order valence-corrected chi connectivity index (χ4v) is 5.39. The number of fused-ring (bicyclic) bond motifs is 2. The minimum Gasteiger partial charge on any atom is -0.322 e. The van der Waals surface area contributed by atoms with Crippen LogP contribution in [0.3, 0.4) is 0 Å². The van der Waals surface area contributed by atoms with Crippen LogP contribution in [-0.4, -0.2) is 11.8 Å². The van der Waals surface area contributed by atoms with Crippen molar-refractivity contribution >= 4 is 46.1 Å². The summed E-state index contributed by atoms with van der Waals surface area (Å²) in [6, 6.07) is 18.6. The summed E-state index contributed by atoms with van der Waals surface area (Å²) in [6.45, 7) is 0.395. The van der Waals surface area contributed by atoms with Crippen molar-refractivity contribution in [1.82, 2.24) is 0 Å². The highest BCUT2D eigenvalue weighted by Crippen LogP contribution is 2.35. The zero-order valence-electron chi connectivity index (χ0n) is 18.6. The lowest BCUT2D eigenvalue weighted by Gasteiger charge is -2.23. The molecule has 0 spiro atoms. The van der Waals surface area contributed by atoms with Crippen LogP contribution >= 0.6 is 22.9 Å². The van der Waals surface area contributed by atoms with Gasteiger partial charge in [-0.1, -0.05) is 41.9 Å². The van der Waals surface area contributed by atoms with Crippen LogP contribution in [0.1, 0.15) is 42.3 Å². The lowest BCUT2D eigenvalue weighted by molar-refractivity contribution is -0.137. The lowest BCUT2D eigenvalue weighted by atomic mass is 10.1. The Hall–Kier alpha value is -3.62. The van der Waals surface area contributed by atoms with E-state index in [1.165, 1.54) is 35.9 Å². The third kappa shape index (κ3) is 4.62. The zero-order chi connectivity index (χ0) is 25.4. The molecule has 0 bridgehead atoms. The van der Waals surface area contributed by atoms with Gasteiger partial charge in [-0.25, -0.2) is 0 Å². The third-order valence-corrected chi connectivity index (χ3v) is 7.24. The number of para-hydroxylation sites is 1. The number of nitrogens with zero attached hydrogens (tertiary/aromatic N) is 1. The molecule has 0 unspecified atom stereocenters. The summed E-state index contributed by atoms with van der Waals surface area (Å²) in [6.07, 6.45) is -3.95. The number of alkyl halides is 3. The Bertz CT molecular complexity index is 1480. The van der Waals surface area contributed by atoms with Gasteiger partial charge in [-0.3, -0.25) is 9.59 Å². The molecule has 3 aromatic carbocycles. The highest BCUT2D eigenvalue weighted by atomic mass is 35.5. The van der Waals surface area contributed by atoms with Crippen LogP contribution in [-0.2, 0) is 19.1 Å². The SMILES string of the molecule is O=C(Nc1ccc(C(=O)N2Cc3sccc3Cc3ccccc32)c(Cl)c1)c1ccccc1C(F)(F)F. The van der Waals surface area contributed by atoms with Crippen LogP contribution in [0.2, 0.25) is 5.02 Å². The van der Waals surface area contributed by atoms with Gasteiger partial charge in [-0.05, 0) is 59.0 Å². The maximum atomic E-state index is 13.6. The van der Waals surface area contributed by atoms with Crippen molar-refractivity contribution in [1.29, 1.82) is 0 Å². The number of rotatable bonds is 3. The number of carbonyl (C=O) groups excluding carboxylic acids is 2. The second kappa shape index (κ2) is 9.44. The van der Waals surface area contributed by atoms with Gasteiger partial charge in [0.15, 0.2) is 0 Å². The largest absolute Gasteiger partial charge is 0.417 e. The van der Waals surface area contributed by atoms with Crippen molar-refractivity contribution < 1.29 is 22.8 Å². The standard InChI is InChI=1S/C27H18ClF3N2O2S/c28-22-14-18(32-25(34)19-6-2-3-7-21(19)27(29,30)31)9-10-20(22)26(35)33-15-24-17(11-12-36-24)13-16-5-1-4-8-23(16)33/h1-12,14H,13,15H2,(H,32,34). The average Bonchev–Trinajstić information content (AvgIpc) is 3.22. The highest BCUT2D eigenvalue weighted by molar-refractivity contribution is 7.10. The predicted molar refractivity (Wildman–Crippen MR) is 135 cm³/mol. The first-order valence-corrected chi connectivity index (χ1v) is 12.2. The lowest BCUT2D eigenvalue weighted by Crippen LogP contribution is -2.30. The molecule has 2 amide bonds. The van der Waals surface area contributed by atoms with E-state index in [2.05, 4.69) is 11.4 Å². The molecule has 0 radical (unpaired) electrons. The summed E-state index contributed by atoms with van der Waals surface area (Å²) in [5.41, 5.74) is 1.85. The van der Waals surface area contributed by atoms with Gasteiger partial charge in [0, 0.05) is 22.7 Å². The number of nitrogens with one attached hydrogen (secondary N) is 1. The molecule has 36 heavy (non-hydrogen) atoms. The van der Waals surface area contributed by atoms with Gasteiger partial charge in [0.1, 0.15) is 0 Å². The van der Waals surface area contributed by atoms with Gasteiger partial charge in [0.05, 0.1) is 28.3 Å². The number of anilines is 2. The highest BCUT2D eigenvalue weighted by Gasteiger charge is 2.35. The van der Waals surface area contributed by atoms with Crippen molar-refractivity contribution in [2.75, 3.05) is 10.2 Å². The maximum absolute atomic E-state index is 13.6. The van der Waals surface area contributed by atoms with Gasteiger partial charge in [-0.2, -0.15) is 13.2 Å². The molecule has 1 aliphatic rings. The third-order valence-electron chi connectivity index (χ3n) is 5.98. The number of carbonyl (C=O) groups is 2. The number of halogens is 4. The molecular formula is C27H18ClF3N2O2S. The quantitative estimate of drug-likeness (QED) is 0.302. The van der Waals surface area contributed by atoms with Crippen molar-refractivity contribution in [2.45, 2.75) is 19.1 Å². The summed E-state index contributed by atoms with van der Waals surface area (Å²) >= 11 is 8.03. The fourth-order valence-electron chi connectivity index (χ4n) is 4.24. The molecule has 1 N–H and O–H groups in total. The molecular weight excluding hydrogens is 509 g/mol. The van der Waals surface area contributed by atoms with E-state index in [4.69, 9.17) is 11.6 Å². The molecule has 5 rings (SSSR count). The Balaban J connectivity index is 1.42. The van der Waals surface area contributed by atoms with Gasteiger partial charge in [0.2, 0.25) is 0 Å². The van der Waals surface area contributed by atoms with Crippen LogP contribution in [0.25, 0.3) is 0 Å². The van der Waals surface area contributed by atoms with E-state index < -0.39 is 23.2 Å². The minimum atomic E-state index is -4.67. The first-order valence-electron chi connectivity index (χ1n) is 10.9. The summed E-state index contributed by atoms with van der Waals surface area (Å²) < 4.78 is 39.9. The van der Waals surface area contributed by atoms with Gasteiger partial charge in [-0.15, -0.1) is 11.3 Å². The Morgan fingerprint density at radius 2 is 1.67 bits per heavy atom. The van der Waals surface area contributed by atoms with Crippen LogP contribution < -0.4 is 10.2 Å². The summed E-state index contributed by atoms with van der Waals surface area (Å²) in [5, 5.41) is 4.53. The van der Waals surface area contributed by atoms with Crippen molar-refractivity contribution in [3.63, 3.8) is 0 Å². The molecule has 9 heteroatoms. The van der Waals surface area contributed by atoms with Crippen LogP contribution in [0.4, 0.5) is 24.5 Å². The smallest absolute Gasteiger partial charge is 0.322 e. The van der Waals surface area contributed by atoms with E-state index in [-0.39, 0.29) is 22.2 Å². The van der Waals surface area contributed by atoms with E-state index in [1.807, 2.05) is 29.6 Å². The average molecular weight is 527 g/mol. The first-order chi connectivity index (χ1) is 17.2. The molecule has 4 aromatic rings. The fraction of sp³-hybridized carbons (Fsp3) is 0.111. The van der Waals surface area contributed by atoms with E-state index in [1.54, 1.807) is 16.2 Å². The molecule has 0 aliphatic carbocycles. The zero-order valence-corrected chi connectivity index (χ0v) is 20.2. The Morgan fingerprint density at radius 3 is 2.44 bits per heavy atom. The maximum Gasteiger partial charge on any atom is 0.417 e. The number of amides is 2. The number of hydrogen-bond acceptors (Lipinski definition) is 3. The minimum absolute atomic E-state index is 0.0787. The molecule has 182 valence electrons. The van der Waals surface area contributed by atoms with Crippen LogP contribution in [0.5, 0.6) is 0 Å². The molecule has 0 saturated heterocycles. The monoisotopic (exact) mass is 526 g/mol. The molecule has 0 atom stereocenters. The molecule has 2 heterocycles. The molecule has 4 nitrogen and oxygen atoms in total. The predicted octanol–water partition coefficient (Wildman–Crippen LogP) is 7.42. The van der Waals surface area contributed by atoms with E-state index in [9.17, 15) is 22.8 Å². The Labute approximate surface area is 213 Å². The number of thiophene rings is 1. The Kier molecular flexibility index (Phi) is 6.32. The van der Waals surface area contributed by atoms with Gasteiger partial charge < -0.3 is 10.2 Å².